The Morgan fingerprint density at radius 2 is 2.26 bits per heavy atom. The summed E-state index contributed by atoms with van der Waals surface area (Å²) in [5.74, 6) is 5.59. The number of nitrogens with zero attached hydrogens (tertiary/aromatic N) is 1. The van der Waals surface area contributed by atoms with Gasteiger partial charge in [-0.05, 0) is 31.2 Å². The molecule has 2 heterocycles. The summed E-state index contributed by atoms with van der Waals surface area (Å²) >= 11 is 7.27. The summed E-state index contributed by atoms with van der Waals surface area (Å²) in [5.41, 5.74) is 3.67. The van der Waals surface area contributed by atoms with Crippen LogP contribution in [-0.2, 0) is 6.54 Å². The number of hydrazine groups is 1. The molecule has 2 aromatic heterocycles. The molecule has 2 aromatic rings. The van der Waals surface area contributed by atoms with Gasteiger partial charge in [-0.1, -0.05) is 11.6 Å². The van der Waals surface area contributed by atoms with Crippen LogP contribution in [0.5, 0.6) is 0 Å². The van der Waals surface area contributed by atoms with E-state index < -0.39 is 0 Å². The zero-order valence-electron chi connectivity index (χ0n) is 10.2. The molecule has 0 aliphatic heterocycles. The SMILES string of the molecule is Cc1cc(C(=O)NCc2ccc(Cl)s2)cc(NN)n1. The molecule has 0 saturated heterocycles. The molecule has 0 radical (unpaired) electrons. The molecule has 100 valence electrons. The molecule has 0 aromatic carbocycles. The van der Waals surface area contributed by atoms with Gasteiger partial charge in [0, 0.05) is 16.1 Å². The summed E-state index contributed by atoms with van der Waals surface area (Å²) in [6.45, 7) is 2.25. The largest absolute Gasteiger partial charge is 0.347 e. The highest BCUT2D eigenvalue weighted by molar-refractivity contribution is 7.16. The highest BCUT2D eigenvalue weighted by Gasteiger charge is 2.08. The number of nitrogens with two attached hydrogens (primary N) is 1. The van der Waals surface area contributed by atoms with E-state index in [2.05, 4.69) is 15.7 Å². The van der Waals surface area contributed by atoms with Crippen molar-refractivity contribution in [2.75, 3.05) is 5.43 Å². The minimum absolute atomic E-state index is 0.175. The second kappa shape index (κ2) is 6.01. The van der Waals surface area contributed by atoms with Crippen molar-refractivity contribution in [1.82, 2.24) is 10.3 Å². The fourth-order valence-corrected chi connectivity index (χ4v) is 2.62. The van der Waals surface area contributed by atoms with Gasteiger partial charge in [-0.25, -0.2) is 10.8 Å². The van der Waals surface area contributed by atoms with E-state index in [9.17, 15) is 4.79 Å². The number of carbonyl (C=O) groups excluding carboxylic acids is 1. The van der Waals surface area contributed by atoms with Gasteiger partial charge in [0.2, 0.25) is 0 Å². The van der Waals surface area contributed by atoms with Gasteiger partial charge in [0.25, 0.3) is 5.91 Å². The van der Waals surface area contributed by atoms with E-state index in [-0.39, 0.29) is 5.91 Å². The number of aromatic nitrogens is 1. The maximum Gasteiger partial charge on any atom is 0.251 e. The van der Waals surface area contributed by atoms with Crippen LogP contribution in [0.15, 0.2) is 24.3 Å². The monoisotopic (exact) mass is 296 g/mol. The summed E-state index contributed by atoms with van der Waals surface area (Å²) in [7, 11) is 0. The molecule has 0 spiro atoms. The molecule has 0 unspecified atom stereocenters. The maximum absolute atomic E-state index is 12.0. The number of nitrogen functional groups attached to an aromatic ring is 1. The minimum Gasteiger partial charge on any atom is -0.347 e. The lowest BCUT2D eigenvalue weighted by atomic mass is 10.2. The molecule has 0 aliphatic rings. The highest BCUT2D eigenvalue weighted by Crippen LogP contribution is 2.21. The molecular formula is C12H13ClN4OS. The van der Waals surface area contributed by atoms with E-state index in [1.54, 1.807) is 25.1 Å². The highest BCUT2D eigenvalue weighted by atomic mass is 35.5. The Balaban J connectivity index is 2.05. The first kappa shape index (κ1) is 13.8. The standard InChI is InChI=1S/C12H13ClN4OS/c1-7-4-8(5-11(16-7)17-14)12(18)15-6-9-2-3-10(13)19-9/h2-5H,6,14H2,1H3,(H,15,18)(H,16,17). The summed E-state index contributed by atoms with van der Waals surface area (Å²) in [6, 6.07) is 7.00. The van der Waals surface area contributed by atoms with Crippen molar-refractivity contribution in [3.63, 3.8) is 0 Å². The first-order chi connectivity index (χ1) is 9.08. The first-order valence-electron chi connectivity index (χ1n) is 5.56. The Kier molecular flexibility index (Phi) is 4.36. The fraction of sp³-hybridized carbons (Fsp3) is 0.167. The van der Waals surface area contributed by atoms with Crippen molar-refractivity contribution >= 4 is 34.7 Å². The normalized spacial score (nSPS) is 10.3. The van der Waals surface area contributed by atoms with Crippen LogP contribution in [0.3, 0.4) is 0 Å². The Morgan fingerprint density at radius 1 is 1.47 bits per heavy atom. The average molecular weight is 297 g/mol. The summed E-state index contributed by atoms with van der Waals surface area (Å²) in [5, 5.41) is 2.82. The number of nitrogens with one attached hydrogen (secondary N) is 2. The summed E-state index contributed by atoms with van der Waals surface area (Å²) < 4.78 is 0.707. The molecule has 0 fully saturated rings. The number of halogens is 1. The Morgan fingerprint density at radius 3 is 2.89 bits per heavy atom. The van der Waals surface area contributed by atoms with Crippen molar-refractivity contribution in [3.8, 4) is 0 Å². The predicted octanol–water partition coefficient (Wildman–Crippen LogP) is 2.32. The van der Waals surface area contributed by atoms with Gasteiger partial charge in [0.05, 0.1) is 10.9 Å². The molecule has 2 rings (SSSR count). The number of hydrogen-bond acceptors (Lipinski definition) is 5. The molecule has 5 nitrogen and oxygen atoms in total. The number of pyridine rings is 1. The van der Waals surface area contributed by atoms with Gasteiger partial charge in [0.1, 0.15) is 5.82 Å². The number of carbonyl (C=O) groups is 1. The van der Waals surface area contributed by atoms with Crippen molar-refractivity contribution in [1.29, 1.82) is 0 Å². The third-order valence-corrected chi connectivity index (χ3v) is 3.65. The van der Waals surface area contributed by atoms with E-state index in [0.717, 1.165) is 10.6 Å². The molecule has 0 atom stereocenters. The van der Waals surface area contributed by atoms with Gasteiger partial charge in [-0.2, -0.15) is 0 Å². The second-order valence-electron chi connectivity index (χ2n) is 3.92. The topological polar surface area (TPSA) is 80.0 Å². The van der Waals surface area contributed by atoms with Crippen molar-refractivity contribution in [3.05, 3.63) is 44.7 Å². The van der Waals surface area contributed by atoms with E-state index in [1.165, 1.54) is 11.3 Å². The molecule has 4 N–H and O–H groups in total. The van der Waals surface area contributed by atoms with E-state index >= 15 is 0 Å². The number of amides is 1. The Labute approximate surface area is 119 Å². The lowest BCUT2D eigenvalue weighted by molar-refractivity contribution is 0.0951. The van der Waals surface area contributed by atoms with Crippen molar-refractivity contribution in [2.24, 2.45) is 5.84 Å². The zero-order chi connectivity index (χ0) is 13.8. The number of hydrogen-bond donors (Lipinski definition) is 3. The van der Waals surface area contributed by atoms with Crippen LogP contribution in [0.25, 0.3) is 0 Å². The molecule has 19 heavy (non-hydrogen) atoms. The third-order valence-electron chi connectivity index (χ3n) is 2.42. The smallest absolute Gasteiger partial charge is 0.251 e. The summed E-state index contributed by atoms with van der Waals surface area (Å²) in [6.07, 6.45) is 0. The van der Waals surface area contributed by atoms with Gasteiger partial charge in [-0.3, -0.25) is 4.79 Å². The molecule has 0 bridgehead atoms. The maximum atomic E-state index is 12.0. The molecule has 7 heteroatoms. The van der Waals surface area contributed by atoms with Crippen LogP contribution in [-0.4, -0.2) is 10.9 Å². The van der Waals surface area contributed by atoms with Gasteiger partial charge >= 0.3 is 0 Å². The predicted molar refractivity (Wildman–Crippen MR) is 77.3 cm³/mol. The molecular weight excluding hydrogens is 284 g/mol. The Bertz CT molecular complexity index is 599. The Hall–Kier alpha value is -1.63. The lowest BCUT2D eigenvalue weighted by Crippen LogP contribution is -2.23. The summed E-state index contributed by atoms with van der Waals surface area (Å²) in [4.78, 5) is 17.1. The van der Waals surface area contributed by atoms with Gasteiger partial charge in [-0.15, -0.1) is 11.3 Å². The first-order valence-corrected chi connectivity index (χ1v) is 6.75. The third kappa shape index (κ3) is 3.66. The van der Waals surface area contributed by atoms with E-state index in [1.807, 2.05) is 6.07 Å². The van der Waals surface area contributed by atoms with Crippen LogP contribution in [0.2, 0.25) is 4.34 Å². The van der Waals surface area contributed by atoms with Crippen LogP contribution >= 0.6 is 22.9 Å². The van der Waals surface area contributed by atoms with Gasteiger partial charge < -0.3 is 10.7 Å². The van der Waals surface area contributed by atoms with Crippen LogP contribution in [0.4, 0.5) is 5.82 Å². The number of rotatable bonds is 4. The zero-order valence-corrected chi connectivity index (χ0v) is 11.8. The minimum atomic E-state index is -0.175. The van der Waals surface area contributed by atoms with Crippen LogP contribution < -0.4 is 16.6 Å². The molecule has 1 amide bonds. The molecule has 0 aliphatic carbocycles. The van der Waals surface area contributed by atoms with Crippen LogP contribution in [0, 0.1) is 6.92 Å². The lowest BCUT2D eigenvalue weighted by Gasteiger charge is -2.07. The quantitative estimate of drug-likeness (QED) is 0.597. The second-order valence-corrected chi connectivity index (χ2v) is 5.71. The van der Waals surface area contributed by atoms with E-state index in [4.69, 9.17) is 17.4 Å². The number of aryl methyl sites for hydroxylation is 1. The van der Waals surface area contributed by atoms with Crippen LogP contribution in [0.1, 0.15) is 20.9 Å². The number of thiophene rings is 1. The van der Waals surface area contributed by atoms with E-state index in [0.29, 0.717) is 22.3 Å². The fourth-order valence-electron chi connectivity index (χ4n) is 1.59. The van der Waals surface area contributed by atoms with Crippen molar-refractivity contribution in [2.45, 2.75) is 13.5 Å². The van der Waals surface area contributed by atoms with Crippen molar-refractivity contribution < 1.29 is 4.79 Å². The average Bonchev–Trinajstić information content (AvgIpc) is 2.81. The number of anilines is 1. The molecule has 0 saturated carbocycles. The van der Waals surface area contributed by atoms with Gasteiger partial charge in [0.15, 0.2) is 0 Å².